The zero-order valence-electron chi connectivity index (χ0n) is 13.2. The van der Waals surface area contributed by atoms with Gasteiger partial charge in [-0.3, -0.25) is 4.79 Å². The van der Waals surface area contributed by atoms with E-state index in [-0.39, 0.29) is 12.7 Å². The van der Waals surface area contributed by atoms with E-state index in [0.29, 0.717) is 28.4 Å². The second-order valence-corrected chi connectivity index (χ2v) is 5.98. The van der Waals surface area contributed by atoms with Gasteiger partial charge in [0.15, 0.2) is 11.5 Å². The summed E-state index contributed by atoms with van der Waals surface area (Å²) in [5.74, 6) is 1.01. The van der Waals surface area contributed by atoms with E-state index in [0.717, 1.165) is 25.9 Å². The van der Waals surface area contributed by atoms with Crippen molar-refractivity contribution in [2.75, 3.05) is 30.9 Å². The molecule has 2 aromatic carbocycles. The summed E-state index contributed by atoms with van der Waals surface area (Å²) in [6.45, 7) is 2.09. The lowest BCUT2D eigenvalue weighted by atomic mass is 10.00. The summed E-state index contributed by atoms with van der Waals surface area (Å²) in [6, 6.07) is 9.24. The van der Waals surface area contributed by atoms with Gasteiger partial charge in [-0.2, -0.15) is 0 Å². The number of benzene rings is 2. The molecule has 0 aliphatic carbocycles. The van der Waals surface area contributed by atoms with Gasteiger partial charge < -0.3 is 25.8 Å². The van der Waals surface area contributed by atoms with Crippen LogP contribution < -0.4 is 25.8 Å². The second-order valence-electron chi connectivity index (χ2n) is 5.98. The molecule has 0 radical (unpaired) electrons. The maximum Gasteiger partial charge on any atom is 0.255 e. The van der Waals surface area contributed by atoms with Crippen LogP contribution >= 0.6 is 0 Å². The summed E-state index contributed by atoms with van der Waals surface area (Å²) in [6.07, 6.45) is 1.93. The van der Waals surface area contributed by atoms with Gasteiger partial charge in [0.25, 0.3) is 5.91 Å². The van der Waals surface area contributed by atoms with Crippen molar-refractivity contribution in [1.82, 2.24) is 5.32 Å². The number of anilines is 2. The molecule has 2 heterocycles. The van der Waals surface area contributed by atoms with Crippen LogP contribution in [-0.2, 0) is 12.8 Å². The summed E-state index contributed by atoms with van der Waals surface area (Å²) >= 11 is 0. The van der Waals surface area contributed by atoms with Crippen LogP contribution in [-0.4, -0.2) is 25.8 Å². The van der Waals surface area contributed by atoms with Crippen LogP contribution in [0.3, 0.4) is 0 Å². The van der Waals surface area contributed by atoms with E-state index in [2.05, 4.69) is 10.6 Å². The first-order valence-electron chi connectivity index (χ1n) is 8.04. The van der Waals surface area contributed by atoms with Crippen LogP contribution in [0.1, 0.15) is 21.5 Å². The highest BCUT2D eigenvalue weighted by molar-refractivity contribution is 6.06. The maximum absolute atomic E-state index is 12.6. The topological polar surface area (TPSA) is 85.6 Å². The number of amides is 1. The summed E-state index contributed by atoms with van der Waals surface area (Å²) in [5.41, 5.74) is 10.1. The molecule has 1 amide bonds. The zero-order valence-corrected chi connectivity index (χ0v) is 13.2. The molecule has 2 aliphatic rings. The van der Waals surface area contributed by atoms with Crippen molar-refractivity contribution >= 4 is 17.3 Å². The van der Waals surface area contributed by atoms with Gasteiger partial charge in [0.1, 0.15) is 0 Å². The highest BCUT2D eigenvalue weighted by Crippen LogP contribution is 2.38. The normalized spacial score (nSPS) is 15.5. The molecule has 24 heavy (non-hydrogen) atoms. The van der Waals surface area contributed by atoms with E-state index in [4.69, 9.17) is 15.2 Å². The highest BCUT2D eigenvalue weighted by Gasteiger charge is 2.18. The number of rotatable bonds is 2. The average Bonchev–Trinajstić information content (AvgIpc) is 2.89. The number of fused-ring (bicyclic) bond motifs is 2. The van der Waals surface area contributed by atoms with Crippen molar-refractivity contribution in [1.29, 1.82) is 0 Å². The van der Waals surface area contributed by atoms with Gasteiger partial charge in [0.2, 0.25) is 6.79 Å². The fourth-order valence-corrected chi connectivity index (χ4v) is 3.08. The second kappa shape index (κ2) is 6.05. The lowest BCUT2D eigenvalue weighted by Crippen LogP contribution is -2.16. The van der Waals surface area contributed by atoms with Crippen molar-refractivity contribution < 1.29 is 14.3 Å². The van der Waals surface area contributed by atoms with Gasteiger partial charge in [0, 0.05) is 17.7 Å². The molecule has 4 N–H and O–H groups in total. The van der Waals surface area contributed by atoms with Gasteiger partial charge in [-0.1, -0.05) is 6.07 Å². The van der Waals surface area contributed by atoms with E-state index < -0.39 is 0 Å². The Morgan fingerprint density at radius 1 is 1.04 bits per heavy atom. The number of carbonyl (C=O) groups excluding carboxylic acids is 1. The largest absolute Gasteiger partial charge is 0.454 e. The quantitative estimate of drug-likeness (QED) is 0.735. The molecule has 124 valence electrons. The minimum absolute atomic E-state index is 0.172. The SMILES string of the molecule is Nc1cc2c(cc1NC(=O)c1ccc3c(c1)CCNCC3)OCO2. The molecule has 6 heteroatoms. The van der Waals surface area contributed by atoms with Crippen molar-refractivity contribution in [3.63, 3.8) is 0 Å². The first kappa shape index (κ1) is 14.8. The minimum atomic E-state index is -0.180. The van der Waals surface area contributed by atoms with Crippen molar-refractivity contribution in [3.8, 4) is 11.5 Å². The molecule has 4 rings (SSSR count). The van der Waals surface area contributed by atoms with Gasteiger partial charge in [-0.05, 0) is 49.2 Å². The highest BCUT2D eigenvalue weighted by atomic mass is 16.7. The fraction of sp³-hybridized carbons (Fsp3) is 0.278. The first-order chi connectivity index (χ1) is 11.7. The summed E-state index contributed by atoms with van der Waals surface area (Å²) in [4.78, 5) is 12.6. The third-order valence-electron chi connectivity index (χ3n) is 4.40. The molecule has 0 saturated carbocycles. The lowest BCUT2D eigenvalue weighted by molar-refractivity contribution is 0.102. The Kier molecular flexibility index (Phi) is 3.74. The fourth-order valence-electron chi connectivity index (χ4n) is 3.08. The molecular weight excluding hydrogens is 306 g/mol. The smallest absolute Gasteiger partial charge is 0.255 e. The van der Waals surface area contributed by atoms with E-state index in [9.17, 15) is 4.79 Å². The van der Waals surface area contributed by atoms with Gasteiger partial charge >= 0.3 is 0 Å². The molecule has 2 aromatic rings. The number of carbonyl (C=O) groups is 1. The lowest BCUT2D eigenvalue weighted by Gasteiger charge is -2.11. The van der Waals surface area contributed by atoms with Crippen LogP contribution in [0.25, 0.3) is 0 Å². The van der Waals surface area contributed by atoms with Crippen LogP contribution in [0, 0.1) is 0 Å². The average molecular weight is 325 g/mol. The van der Waals surface area contributed by atoms with Gasteiger partial charge in [0.05, 0.1) is 11.4 Å². The number of ether oxygens (including phenoxy) is 2. The molecular formula is C18H19N3O3. The Morgan fingerprint density at radius 3 is 2.62 bits per heavy atom. The molecule has 6 nitrogen and oxygen atoms in total. The number of hydrogen-bond donors (Lipinski definition) is 3. The molecule has 0 bridgehead atoms. The van der Waals surface area contributed by atoms with Crippen LogP contribution in [0.4, 0.5) is 11.4 Å². The van der Waals surface area contributed by atoms with E-state index in [1.54, 1.807) is 12.1 Å². The standard InChI is InChI=1S/C18H19N3O3/c19-14-8-16-17(24-10-23-16)9-15(14)21-18(22)13-2-1-11-3-5-20-6-4-12(11)7-13/h1-2,7-9,20H,3-6,10,19H2,(H,21,22). The molecule has 0 spiro atoms. The van der Waals surface area contributed by atoms with Crippen LogP contribution in [0.5, 0.6) is 11.5 Å². The Morgan fingerprint density at radius 2 is 1.79 bits per heavy atom. The molecule has 0 unspecified atom stereocenters. The predicted octanol–water partition coefficient (Wildman–Crippen LogP) is 1.94. The Labute approximate surface area is 139 Å². The van der Waals surface area contributed by atoms with Crippen molar-refractivity contribution in [2.45, 2.75) is 12.8 Å². The zero-order chi connectivity index (χ0) is 16.5. The first-order valence-corrected chi connectivity index (χ1v) is 8.04. The Hall–Kier alpha value is -2.73. The maximum atomic E-state index is 12.6. The van der Waals surface area contributed by atoms with Crippen LogP contribution in [0.2, 0.25) is 0 Å². The van der Waals surface area contributed by atoms with E-state index >= 15 is 0 Å². The molecule has 0 fully saturated rings. The predicted molar refractivity (Wildman–Crippen MR) is 91.7 cm³/mol. The van der Waals surface area contributed by atoms with Crippen molar-refractivity contribution in [3.05, 3.63) is 47.0 Å². The molecule has 0 atom stereocenters. The molecule has 2 aliphatic heterocycles. The number of nitrogens with one attached hydrogen (secondary N) is 2. The molecule has 0 saturated heterocycles. The monoisotopic (exact) mass is 325 g/mol. The Balaban J connectivity index is 1.57. The van der Waals surface area contributed by atoms with E-state index in [1.165, 1.54) is 11.1 Å². The van der Waals surface area contributed by atoms with Gasteiger partial charge in [-0.25, -0.2) is 0 Å². The summed E-state index contributed by atoms with van der Waals surface area (Å²) < 4.78 is 10.6. The Bertz CT molecular complexity index is 804. The van der Waals surface area contributed by atoms with Crippen molar-refractivity contribution in [2.24, 2.45) is 0 Å². The third-order valence-corrected chi connectivity index (χ3v) is 4.40. The van der Waals surface area contributed by atoms with Gasteiger partial charge in [-0.15, -0.1) is 0 Å². The summed E-state index contributed by atoms with van der Waals surface area (Å²) in [5, 5.41) is 6.23. The number of hydrogen-bond acceptors (Lipinski definition) is 5. The molecule has 0 aromatic heterocycles. The third kappa shape index (κ3) is 2.76. The summed E-state index contributed by atoms with van der Waals surface area (Å²) in [7, 11) is 0. The number of nitrogen functional groups attached to an aromatic ring is 1. The van der Waals surface area contributed by atoms with Crippen LogP contribution in [0.15, 0.2) is 30.3 Å². The number of nitrogens with two attached hydrogens (primary N) is 1. The minimum Gasteiger partial charge on any atom is -0.454 e. The van der Waals surface area contributed by atoms with E-state index in [1.807, 2.05) is 18.2 Å².